The minimum Gasteiger partial charge on any atom is -0.482 e. The molecule has 1 atom stereocenters. The molecular formula is C25H26FN3O2. The van der Waals surface area contributed by atoms with E-state index in [4.69, 9.17) is 4.74 Å². The van der Waals surface area contributed by atoms with Gasteiger partial charge < -0.3 is 15.4 Å². The smallest absolute Gasteiger partial charge is 0.260 e. The Bertz CT molecular complexity index is 1100. The molecule has 3 aliphatic heterocycles. The molecular weight excluding hydrogens is 393 g/mol. The summed E-state index contributed by atoms with van der Waals surface area (Å²) in [7, 11) is 0. The molecule has 4 heterocycles. The van der Waals surface area contributed by atoms with Crippen molar-refractivity contribution in [1.82, 2.24) is 10.3 Å². The highest BCUT2D eigenvalue weighted by Crippen LogP contribution is 2.44. The van der Waals surface area contributed by atoms with Gasteiger partial charge in [0.25, 0.3) is 5.91 Å². The van der Waals surface area contributed by atoms with Gasteiger partial charge in [0.05, 0.1) is 5.57 Å². The zero-order chi connectivity index (χ0) is 21.6. The van der Waals surface area contributed by atoms with E-state index in [9.17, 15) is 9.18 Å². The van der Waals surface area contributed by atoms with Crippen molar-refractivity contribution in [3.8, 4) is 0 Å². The first-order valence-electron chi connectivity index (χ1n) is 10.9. The first-order chi connectivity index (χ1) is 14.9. The number of halogens is 1. The van der Waals surface area contributed by atoms with Crippen molar-refractivity contribution in [2.75, 3.05) is 11.9 Å². The van der Waals surface area contributed by atoms with Crippen molar-refractivity contribution in [1.29, 1.82) is 0 Å². The monoisotopic (exact) mass is 419 g/mol. The third-order valence-corrected chi connectivity index (χ3v) is 6.31. The molecule has 1 saturated heterocycles. The highest BCUT2D eigenvalue weighted by atomic mass is 19.1. The van der Waals surface area contributed by atoms with Gasteiger partial charge in [0, 0.05) is 40.3 Å². The van der Waals surface area contributed by atoms with Gasteiger partial charge in [-0.05, 0) is 76.4 Å². The van der Waals surface area contributed by atoms with E-state index in [1.165, 1.54) is 25.0 Å². The van der Waals surface area contributed by atoms with E-state index in [0.29, 0.717) is 28.6 Å². The second-order valence-electron chi connectivity index (χ2n) is 8.92. The number of nitrogens with zero attached hydrogens (tertiary/aromatic N) is 1. The van der Waals surface area contributed by atoms with Crippen LogP contribution in [0.4, 0.5) is 10.1 Å². The van der Waals surface area contributed by atoms with Crippen LogP contribution in [0.15, 0.2) is 48.4 Å². The van der Waals surface area contributed by atoms with Gasteiger partial charge in [-0.15, -0.1) is 0 Å². The minimum atomic E-state index is -0.629. The number of hydrogen-bond acceptors (Lipinski definition) is 4. The van der Waals surface area contributed by atoms with Gasteiger partial charge in [0.2, 0.25) is 0 Å². The number of allylic oxidation sites excluding steroid dienone is 1. The van der Waals surface area contributed by atoms with Gasteiger partial charge in [-0.1, -0.05) is 6.07 Å². The van der Waals surface area contributed by atoms with Crippen LogP contribution in [-0.4, -0.2) is 29.1 Å². The average Bonchev–Trinajstić information content (AvgIpc) is 3.43. The third-order valence-electron chi connectivity index (χ3n) is 6.31. The zero-order valence-electron chi connectivity index (χ0n) is 17.8. The number of benzene rings is 1. The van der Waals surface area contributed by atoms with Gasteiger partial charge in [-0.3, -0.25) is 9.78 Å². The predicted molar refractivity (Wildman–Crippen MR) is 119 cm³/mol. The molecule has 1 aromatic carbocycles. The van der Waals surface area contributed by atoms with E-state index in [1.807, 2.05) is 26.1 Å². The van der Waals surface area contributed by atoms with Crippen molar-refractivity contribution in [3.63, 3.8) is 0 Å². The summed E-state index contributed by atoms with van der Waals surface area (Å²) in [5, 5.41) is 6.31. The maximum atomic E-state index is 13.8. The summed E-state index contributed by atoms with van der Waals surface area (Å²) >= 11 is 0. The molecule has 0 saturated carbocycles. The second kappa shape index (κ2) is 7.61. The molecule has 160 valence electrons. The van der Waals surface area contributed by atoms with Crippen LogP contribution in [0.3, 0.4) is 0 Å². The number of amides is 1. The quantitative estimate of drug-likeness (QED) is 0.719. The van der Waals surface area contributed by atoms with E-state index in [0.717, 1.165) is 36.2 Å². The number of hydrogen-bond donors (Lipinski definition) is 2. The molecule has 1 amide bonds. The van der Waals surface area contributed by atoms with Gasteiger partial charge in [-0.2, -0.15) is 0 Å². The molecule has 1 aromatic heterocycles. The number of aryl methyl sites for hydroxylation is 1. The number of anilines is 1. The normalized spacial score (nSPS) is 24.0. The molecule has 2 N–H and O–H groups in total. The van der Waals surface area contributed by atoms with Crippen LogP contribution in [-0.2, 0) is 16.0 Å². The minimum absolute atomic E-state index is 0.280. The lowest BCUT2D eigenvalue weighted by Crippen LogP contribution is -2.22. The Kier molecular flexibility index (Phi) is 4.89. The number of carbonyl (C=O) groups is 1. The largest absolute Gasteiger partial charge is 0.482 e. The standard InChI is InChI=1S/C25H26FN3O2/c1-25(2)20(15-5-7-18(28-14-15)9-8-17-4-3-11-27-17)13-22(31-25)23-19-12-16(26)6-10-21(19)29-24(23)30/h5-7,10,12-14,17,27H,3-4,8-9,11H2,1-2H3,(H,29,30)/b23-22+/t17-/m0/s1. The lowest BCUT2D eigenvalue weighted by atomic mass is 9.93. The number of nitrogens with one attached hydrogen (secondary N) is 2. The van der Waals surface area contributed by atoms with Crippen molar-refractivity contribution >= 4 is 22.7 Å². The Morgan fingerprint density at radius 2 is 2.13 bits per heavy atom. The van der Waals surface area contributed by atoms with Crippen LogP contribution in [0.2, 0.25) is 0 Å². The topological polar surface area (TPSA) is 63.2 Å². The van der Waals surface area contributed by atoms with Crippen LogP contribution in [0.5, 0.6) is 0 Å². The maximum Gasteiger partial charge on any atom is 0.260 e. The summed E-state index contributed by atoms with van der Waals surface area (Å²) in [5.74, 6) is -0.210. The first-order valence-corrected chi connectivity index (χ1v) is 10.9. The van der Waals surface area contributed by atoms with E-state index in [2.05, 4.69) is 27.8 Å². The van der Waals surface area contributed by atoms with Crippen molar-refractivity contribution in [2.45, 2.75) is 51.2 Å². The van der Waals surface area contributed by atoms with E-state index >= 15 is 0 Å². The van der Waals surface area contributed by atoms with Gasteiger partial charge in [0.1, 0.15) is 17.2 Å². The van der Waals surface area contributed by atoms with E-state index in [-0.39, 0.29) is 11.7 Å². The summed E-state index contributed by atoms with van der Waals surface area (Å²) in [6.45, 7) is 5.05. The summed E-state index contributed by atoms with van der Waals surface area (Å²) in [6, 6.07) is 9.02. The summed E-state index contributed by atoms with van der Waals surface area (Å²) in [6.07, 6.45) is 8.32. The summed E-state index contributed by atoms with van der Waals surface area (Å²) < 4.78 is 20.0. The fourth-order valence-corrected chi connectivity index (χ4v) is 4.66. The van der Waals surface area contributed by atoms with E-state index < -0.39 is 5.60 Å². The molecule has 2 aromatic rings. The van der Waals surface area contributed by atoms with Crippen molar-refractivity contribution in [3.05, 3.63) is 71.0 Å². The lowest BCUT2D eigenvalue weighted by molar-refractivity contribution is -0.111. The zero-order valence-corrected chi connectivity index (χ0v) is 17.8. The molecule has 0 bridgehead atoms. The number of pyridine rings is 1. The number of aromatic nitrogens is 1. The molecule has 1 fully saturated rings. The molecule has 0 radical (unpaired) electrons. The first kappa shape index (κ1) is 19.9. The summed E-state index contributed by atoms with van der Waals surface area (Å²) in [5.41, 5.74) is 3.85. The number of carbonyl (C=O) groups excluding carboxylic acids is 1. The van der Waals surface area contributed by atoms with E-state index in [1.54, 1.807) is 6.07 Å². The molecule has 0 aliphatic carbocycles. The third kappa shape index (κ3) is 3.76. The molecule has 5 nitrogen and oxygen atoms in total. The van der Waals surface area contributed by atoms with Crippen LogP contribution < -0.4 is 10.6 Å². The number of ether oxygens (including phenoxy) is 1. The molecule has 0 spiro atoms. The Morgan fingerprint density at radius 1 is 1.26 bits per heavy atom. The molecule has 3 aliphatic rings. The van der Waals surface area contributed by atoms with Crippen LogP contribution in [0.25, 0.3) is 11.1 Å². The van der Waals surface area contributed by atoms with Crippen LogP contribution in [0.1, 0.15) is 49.9 Å². The van der Waals surface area contributed by atoms with Crippen LogP contribution in [0, 0.1) is 5.82 Å². The Morgan fingerprint density at radius 3 is 2.87 bits per heavy atom. The Labute approximate surface area is 181 Å². The molecule has 0 unspecified atom stereocenters. The Hall–Kier alpha value is -2.99. The fourth-order valence-electron chi connectivity index (χ4n) is 4.66. The Balaban J connectivity index is 1.43. The maximum absolute atomic E-state index is 13.8. The second-order valence-corrected chi connectivity index (χ2v) is 8.92. The number of rotatable bonds is 4. The van der Waals surface area contributed by atoms with Gasteiger partial charge in [0.15, 0.2) is 0 Å². The van der Waals surface area contributed by atoms with Crippen LogP contribution >= 0.6 is 0 Å². The number of fused-ring (bicyclic) bond motifs is 1. The van der Waals surface area contributed by atoms with Gasteiger partial charge >= 0.3 is 0 Å². The molecule has 6 heteroatoms. The molecule has 31 heavy (non-hydrogen) atoms. The fraction of sp³-hybridized carbons (Fsp3) is 0.360. The SMILES string of the molecule is CC1(C)O/C(=C2/C(=O)Nc3ccc(F)cc32)C=C1c1ccc(CC[C@@H]2CCCN2)nc1. The average molecular weight is 420 g/mol. The predicted octanol–water partition coefficient (Wildman–Crippen LogP) is 4.46. The lowest BCUT2D eigenvalue weighted by Gasteiger charge is -2.23. The molecule has 5 rings (SSSR count). The van der Waals surface area contributed by atoms with Gasteiger partial charge in [-0.25, -0.2) is 4.39 Å². The highest BCUT2D eigenvalue weighted by Gasteiger charge is 2.38. The van der Waals surface area contributed by atoms with Crippen molar-refractivity contribution in [2.24, 2.45) is 0 Å². The highest BCUT2D eigenvalue weighted by molar-refractivity contribution is 6.32. The summed E-state index contributed by atoms with van der Waals surface area (Å²) in [4.78, 5) is 17.3. The van der Waals surface area contributed by atoms with Crippen molar-refractivity contribution < 1.29 is 13.9 Å².